The minimum Gasteiger partial charge on any atom is -0.390 e. The van der Waals surface area contributed by atoms with Crippen molar-refractivity contribution in [3.8, 4) is 0 Å². The molecule has 2 fully saturated rings. The Morgan fingerprint density at radius 1 is 1.29 bits per heavy atom. The highest BCUT2D eigenvalue weighted by atomic mass is 127. The number of allylic oxidation sites excluding steroid dienone is 4. The normalized spacial score (nSPS) is 27.8. The largest absolute Gasteiger partial charge is 0.390 e. The van der Waals surface area contributed by atoms with Gasteiger partial charge >= 0.3 is 0 Å². The number of fused-ring (bicyclic) bond motifs is 1. The van der Waals surface area contributed by atoms with Crippen LogP contribution < -0.4 is 0 Å². The van der Waals surface area contributed by atoms with E-state index in [0.29, 0.717) is 35.9 Å². The molecule has 3 heterocycles. The average Bonchev–Trinajstić information content (AvgIpc) is 3.17. The molecule has 0 radical (unpaired) electrons. The smallest absolute Gasteiger partial charge is 0.257 e. The summed E-state index contributed by atoms with van der Waals surface area (Å²) >= 11 is 8.48. The van der Waals surface area contributed by atoms with Gasteiger partial charge in [0.2, 0.25) is 0 Å². The molecular formula is C30H36ClIN2O4. The van der Waals surface area contributed by atoms with E-state index in [0.717, 1.165) is 60.2 Å². The highest BCUT2D eigenvalue weighted by Crippen LogP contribution is 2.51. The second kappa shape index (κ2) is 11.5. The summed E-state index contributed by atoms with van der Waals surface area (Å²) in [6.07, 6.45) is 15.1. The first-order valence-corrected chi connectivity index (χ1v) is 15.3. The minimum atomic E-state index is -1.00. The predicted molar refractivity (Wildman–Crippen MR) is 157 cm³/mol. The molecule has 0 saturated carbocycles. The van der Waals surface area contributed by atoms with E-state index in [1.807, 2.05) is 24.0 Å². The molecule has 204 valence electrons. The van der Waals surface area contributed by atoms with E-state index < -0.39 is 11.3 Å². The summed E-state index contributed by atoms with van der Waals surface area (Å²) in [4.78, 5) is 20.4. The fraction of sp³-hybridized carbons (Fsp3) is 0.533. The molecule has 38 heavy (non-hydrogen) atoms. The molecule has 8 heteroatoms. The molecule has 0 aromatic carbocycles. The second-order valence-corrected chi connectivity index (χ2v) is 12.2. The summed E-state index contributed by atoms with van der Waals surface area (Å²) in [5.74, 6) is 0.187. The Hall–Kier alpha value is -1.52. The zero-order chi connectivity index (χ0) is 26.9. The number of halogens is 2. The van der Waals surface area contributed by atoms with E-state index in [9.17, 15) is 9.90 Å². The van der Waals surface area contributed by atoms with Gasteiger partial charge in [0.15, 0.2) is 5.72 Å². The summed E-state index contributed by atoms with van der Waals surface area (Å²) in [5, 5.41) is 12.2. The highest BCUT2D eigenvalue weighted by molar-refractivity contribution is 14.1. The standard InChI is InChI=1S/C30H36ClIN2O4/c1-29(36,16-20-11-13-38-14-12-20)23-7-10-27-26(15-23)28(35)34(19-25-9-8-24(31)18-33-25)30(27,37-2)22-5-3-21(17-32)4-6-22/h3,5,8-10,15,18,20,23,36H,4,6-7,11-14,16-17,19H2,1-2H3. The van der Waals surface area contributed by atoms with E-state index in [-0.39, 0.29) is 11.8 Å². The molecule has 5 rings (SSSR count). The van der Waals surface area contributed by atoms with Gasteiger partial charge in [-0.05, 0) is 69.1 Å². The molecule has 0 bridgehead atoms. The van der Waals surface area contributed by atoms with Gasteiger partial charge < -0.3 is 14.6 Å². The Labute approximate surface area is 244 Å². The lowest BCUT2D eigenvalue weighted by Gasteiger charge is -2.41. The second-order valence-electron chi connectivity index (χ2n) is 11.0. The van der Waals surface area contributed by atoms with Crippen molar-refractivity contribution in [3.63, 3.8) is 0 Å². The maximum atomic E-state index is 14.2. The van der Waals surface area contributed by atoms with Crippen LogP contribution in [0.4, 0.5) is 0 Å². The minimum absolute atomic E-state index is 0.0917. The number of methoxy groups -OCH3 is 1. The molecule has 2 aliphatic heterocycles. The number of likely N-dealkylation sites (tertiary alicyclic amines) is 1. The van der Waals surface area contributed by atoms with E-state index in [2.05, 4.69) is 45.8 Å². The molecule has 1 N–H and O–H groups in total. The molecule has 2 aliphatic carbocycles. The fourth-order valence-electron chi connectivity index (χ4n) is 6.39. The number of aromatic nitrogens is 1. The molecule has 4 aliphatic rings. The van der Waals surface area contributed by atoms with Crippen LogP contribution in [0.2, 0.25) is 5.02 Å². The number of ether oxygens (including phenoxy) is 2. The maximum Gasteiger partial charge on any atom is 0.257 e. The van der Waals surface area contributed by atoms with E-state index >= 15 is 0 Å². The van der Waals surface area contributed by atoms with Crippen LogP contribution >= 0.6 is 34.2 Å². The van der Waals surface area contributed by atoms with E-state index in [4.69, 9.17) is 21.1 Å². The number of carbonyl (C=O) groups is 1. The van der Waals surface area contributed by atoms with Gasteiger partial charge in [0, 0.05) is 48.0 Å². The Morgan fingerprint density at radius 2 is 2.08 bits per heavy atom. The molecule has 6 nitrogen and oxygen atoms in total. The summed E-state index contributed by atoms with van der Waals surface area (Å²) in [6, 6.07) is 3.65. The van der Waals surface area contributed by atoms with Gasteiger partial charge in [0.25, 0.3) is 5.91 Å². The van der Waals surface area contributed by atoms with Crippen LogP contribution in [-0.2, 0) is 20.8 Å². The van der Waals surface area contributed by atoms with Crippen molar-refractivity contribution >= 4 is 40.1 Å². The molecule has 3 unspecified atom stereocenters. The predicted octanol–water partition coefficient (Wildman–Crippen LogP) is 5.94. The average molecular weight is 651 g/mol. The summed E-state index contributed by atoms with van der Waals surface area (Å²) in [7, 11) is 1.69. The first-order chi connectivity index (χ1) is 18.3. The van der Waals surface area contributed by atoms with Crippen molar-refractivity contribution in [3.05, 3.63) is 75.6 Å². The Morgan fingerprint density at radius 3 is 2.71 bits per heavy atom. The quantitative estimate of drug-likeness (QED) is 0.279. The topological polar surface area (TPSA) is 71.9 Å². The Balaban J connectivity index is 1.52. The molecule has 1 aromatic rings. The van der Waals surface area contributed by atoms with Crippen molar-refractivity contribution < 1.29 is 19.4 Å². The van der Waals surface area contributed by atoms with Crippen LogP contribution in [0, 0.1) is 11.8 Å². The van der Waals surface area contributed by atoms with Gasteiger partial charge in [-0.15, -0.1) is 0 Å². The van der Waals surface area contributed by atoms with E-state index in [1.165, 1.54) is 5.57 Å². The van der Waals surface area contributed by atoms with Gasteiger partial charge in [-0.25, -0.2) is 0 Å². The van der Waals surface area contributed by atoms with Crippen molar-refractivity contribution in [2.45, 2.75) is 63.3 Å². The van der Waals surface area contributed by atoms with Crippen LogP contribution in [0.25, 0.3) is 0 Å². The van der Waals surface area contributed by atoms with Crippen LogP contribution in [0.15, 0.2) is 64.9 Å². The maximum absolute atomic E-state index is 14.2. The number of carbonyl (C=O) groups excluding carboxylic acids is 1. The van der Waals surface area contributed by atoms with Gasteiger partial charge in [0.05, 0.1) is 22.9 Å². The lowest BCUT2D eigenvalue weighted by atomic mass is 9.73. The fourth-order valence-corrected chi connectivity index (χ4v) is 7.14. The monoisotopic (exact) mass is 650 g/mol. The van der Waals surface area contributed by atoms with Crippen molar-refractivity contribution in [1.82, 2.24) is 9.88 Å². The SMILES string of the molecule is COC1(C2=CC=C(CI)CC2)C2=CCC(C(C)(O)CC3CCOCC3)C=C2C(=O)N1Cc1ccc(Cl)cn1. The molecule has 1 aromatic heterocycles. The number of rotatable bonds is 8. The summed E-state index contributed by atoms with van der Waals surface area (Å²) in [6.45, 7) is 3.72. The molecule has 3 atom stereocenters. The number of hydrogen-bond acceptors (Lipinski definition) is 5. The van der Waals surface area contributed by atoms with Gasteiger partial charge in [-0.3, -0.25) is 14.7 Å². The van der Waals surface area contributed by atoms with Gasteiger partial charge in [0.1, 0.15) is 0 Å². The van der Waals surface area contributed by atoms with Crippen molar-refractivity contribution in [1.29, 1.82) is 0 Å². The van der Waals surface area contributed by atoms with Crippen molar-refractivity contribution in [2.75, 3.05) is 24.8 Å². The van der Waals surface area contributed by atoms with Gasteiger partial charge in [-0.2, -0.15) is 0 Å². The summed E-state index contributed by atoms with van der Waals surface area (Å²) in [5.41, 5.74) is 2.79. The number of aliphatic hydroxyl groups is 1. The third-order valence-corrected chi connectivity index (χ3v) is 9.75. The number of amides is 1. The van der Waals surface area contributed by atoms with Gasteiger partial charge in [-0.1, -0.05) is 64.1 Å². The zero-order valence-corrected chi connectivity index (χ0v) is 25.0. The first kappa shape index (κ1) is 28.0. The molecular weight excluding hydrogens is 615 g/mol. The molecule has 1 amide bonds. The van der Waals surface area contributed by atoms with Crippen LogP contribution in [0.3, 0.4) is 0 Å². The zero-order valence-electron chi connectivity index (χ0n) is 22.1. The van der Waals surface area contributed by atoms with Crippen LogP contribution in [-0.4, -0.2) is 57.0 Å². The highest BCUT2D eigenvalue weighted by Gasteiger charge is 2.56. The van der Waals surface area contributed by atoms with Crippen LogP contribution in [0.1, 0.15) is 51.1 Å². The van der Waals surface area contributed by atoms with E-state index in [1.54, 1.807) is 19.4 Å². The lowest BCUT2D eigenvalue weighted by Crippen LogP contribution is -2.49. The summed E-state index contributed by atoms with van der Waals surface area (Å²) < 4.78 is 12.9. The molecule has 2 saturated heterocycles. The lowest BCUT2D eigenvalue weighted by molar-refractivity contribution is -0.142. The van der Waals surface area contributed by atoms with Crippen LogP contribution in [0.5, 0.6) is 0 Å². The number of hydrogen-bond donors (Lipinski definition) is 1. The Bertz CT molecular complexity index is 1180. The number of nitrogens with zero attached hydrogens (tertiary/aromatic N) is 2. The Kier molecular flexibility index (Phi) is 8.50. The third kappa shape index (κ3) is 5.29. The number of pyridine rings is 1. The molecule has 0 spiro atoms. The van der Waals surface area contributed by atoms with Crippen molar-refractivity contribution in [2.24, 2.45) is 11.8 Å². The first-order valence-electron chi connectivity index (χ1n) is 13.4. The third-order valence-electron chi connectivity index (χ3n) is 8.54. The number of alkyl halides is 1.